The Morgan fingerprint density at radius 3 is 2.44 bits per heavy atom. The largest absolute Gasteiger partial charge is 0.300 e. The predicted molar refractivity (Wildman–Crippen MR) is 82.9 cm³/mol. The van der Waals surface area contributed by atoms with Crippen LogP contribution in [-0.4, -0.2) is 23.1 Å². The van der Waals surface area contributed by atoms with Gasteiger partial charge in [0.15, 0.2) is 0 Å². The van der Waals surface area contributed by atoms with E-state index in [1.807, 2.05) is 6.92 Å². The Balaban J connectivity index is 3.72. The fraction of sp³-hybridized carbons (Fsp3) is 0.933. The van der Waals surface area contributed by atoms with Crippen LogP contribution in [0.4, 0.5) is 0 Å². The SMILES string of the molecule is CCCNC(C)(C#N)CCCCSC(C)C(C)C. The van der Waals surface area contributed by atoms with Crippen molar-refractivity contribution in [3.05, 3.63) is 0 Å². The molecule has 2 unspecified atom stereocenters. The van der Waals surface area contributed by atoms with Gasteiger partial charge in [-0.05, 0) is 50.8 Å². The highest BCUT2D eigenvalue weighted by Gasteiger charge is 2.21. The zero-order chi connectivity index (χ0) is 14.0. The Hall–Kier alpha value is -0.200. The molecule has 0 aliphatic rings. The van der Waals surface area contributed by atoms with E-state index < -0.39 is 0 Å². The minimum atomic E-state index is -0.329. The van der Waals surface area contributed by atoms with Gasteiger partial charge in [0.25, 0.3) is 0 Å². The first-order valence-electron chi connectivity index (χ1n) is 7.23. The van der Waals surface area contributed by atoms with Gasteiger partial charge >= 0.3 is 0 Å². The average molecular weight is 270 g/mol. The maximum atomic E-state index is 9.21. The molecular weight excluding hydrogens is 240 g/mol. The minimum Gasteiger partial charge on any atom is -0.300 e. The predicted octanol–water partition coefficient (Wildman–Crippen LogP) is 4.22. The van der Waals surface area contributed by atoms with Gasteiger partial charge in [-0.3, -0.25) is 5.32 Å². The second kappa shape index (κ2) is 9.69. The number of thioether (sulfide) groups is 1. The molecule has 3 heteroatoms. The van der Waals surface area contributed by atoms with Gasteiger partial charge in [-0.1, -0.05) is 27.7 Å². The van der Waals surface area contributed by atoms with E-state index in [-0.39, 0.29) is 5.54 Å². The molecule has 18 heavy (non-hydrogen) atoms. The molecule has 0 aliphatic heterocycles. The zero-order valence-electron chi connectivity index (χ0n) is 12.8. The number of nitrogens with zero attached hydrogens (tertiary/aromatic N) is 1. The highest BCUT2D eigenvalue weighted by molar-refractivity contribution is 7.99. The van der Waals surface area contributed by atoms with E-state index in [2.05, 4.69) is 50.8 Å². The van der Waals surface area contributed by atoms with Crippen LogP contribution in [0.1, 0.15) is 60.3 Å². The second-order valence-electron chi connectivity index (χ2n) is 5.65. The molecule has 0 fully saturated rings. The van der Waals surface area contributed by atoms with Crippen molar-refractivity contribution in [2.75, 3.05) is 12.3 Å². The van der Waals surface area contributed by atoms with Crippen molar-refractivity contribution >= 4 is 11.8 Å². The van der Waals surface area contributed by atoms with Crippen LogP contribution >= 0.6 is 11.8 Å². The number of nitriles is 1. The first-order valence-corrected chi connectivity index (χ1v) is 8.28. The van der Waals surface area contributed by atoms with Crippen molar-refractivity contribution < 1.29 is 0 Å². The number of hydrogen-bond donors (Lipinski definition) is 1. The van der Waals surface area contributed by atoms with E-state index in [0.717, 1.165) is 37.0 Å². The third-order valence-electron chi connectivity index (χ3n) is 3.40. The molecule has 2 nitrogen and oxygen atoms in total. The lowest BCUT2D eigenvalue weighted by Crippen LogP contribution is -2.41. The molecule has 0 rings (SSSR count). The number of hydrogen-bond acceptors (Lipinski definition) is 3. The monoisotopic (exact) mass is 270 g/mol. The summed E-state index contributed by atoms with van der Waals surface area (Å²) in [5.74, 6) is 1.97. The fourth-order valence-electron chi connectivity index (χ4n) is 1.63. The van der Waals surface area contributed by atoms with Gasteiger partial charge in [0.2, 0.25) is 0 Å². The summed E-state index contributed by atoms with van der Waals surface area (Å²) < 4.78 is 0. The zero-order valence-corrected chi connectivity index (χ0v) is 13.6. The molecule has 0 bridgehead atoms. The molecule has 0 heterocycles. The van der Waals surface area contributed by atoms with Gasteiger partial charge < -0.3 is 0 Å². The lowest BCUT2D eigenvalue weighted by molar-refractivity contribution is 0.406. The van der Waals surface area contributed by atoms with E-state index in [4.69, 9.17) is 0 Å². The Bertz CT molecular complexity index is 247. The summed E-state index contributed by atoms with van der Waals surface area (Å²) >= 11 is 2.06. The van der Waals surface area contributed by atoms with E-state index in [9.17, 15) is 5.26 Å². The molecule has 2 atom stereocenters. The molecule has 0 amide bonds. The Morgan fingerprint density at radius 2 is 1.94 bits per heavy atom. The van der Waals surface area contributed by atoms with Crippen LogP contribution in [-0.2, 0) is 0 Å². The summed E-state index contributed by atoms with van der Waals surface area (Å²) in [6.07, 6.45) is 4.39. The van der Waals surface area contributed by atoms with Gasteiger partial charge in [-0.2, -0.15) is 17.0 Å². The number of unbranched alkanes of at least 4 members (excludes halogenated alkanes) is 1. The summed E-state index contributed by atoms with van der Waals surface area (Å²) in [4.78, 5) is 0. The lowest BCUT2D eigenvalue weighted by Gasteiger charge is -2.23. The number of rotatable bonds is 10. The van der Waals surface area contributed by atoms with E-state index in [1.54, 1.807) is 0 Å². The maximum Gasteiger partial charge on any atom is 0.103 e. The van der Waals surface area contributed by atoms with Crippen LogP contribution in [0.3, 0.4) is 0 Å². The highest BCUT2D eigenvalue weighted by atomic mass is 32.2. The van der Waals surface area contributed by atoms with Gasteiger partial charge in [0, 0.05) is 5.25 Å². The molecule has 0 saturated carbocycles. The molecule has 0 aliphatic carbocycles. The second-order valence-corrected chi connectivity index (χ2v) is 7.13. The molecule has 1 N–H and O–H groups in total. The van der Waals surface area contributed by atoms with Crippen LogP contribution in [0.2, 0.25) is 0 Å². The van der Waals surface area contributed by atoms with Crippen molar-refractivity contribution in [2.45, 2.75) is 71.1 Å². The van der Waals surface area contributed by atoms with Crippen molar-refractivity contribution in [2.24, 2.45) is 5.92 Å². The number of nitrogens with one attached hydrogen (secondary N) is 1. The van der Waals surface area contributed by atoms with Crippen molar-refractivity contribution in [3.8, 4) is 6.07 Å². The van der Waals surface area contributed by atoms with Crippen LogP contribution in [0.5, 0.6) is 0 Å². The van der Waals surface area contributed by atoms with Crippen LogP contribution in [0.15, 0.2) is 0 Å². The van der Waals surface area contributed by atoms with Crippen molar-refractivity contribution in [1.29, 1.82) is 5.26 Å². The minimum absolute atomic E-state index is 0.329. The summed E-state index contributed by atoms with van der Waals surface area (Å²) in [6.45, 7) is 11.9. The standard InChI is InChI=1S/C15H30N2S/c1-6-10-17-15(5,12-16)9-7-8-11-18-14(4)13(2)3/h13-14,17H,6-11H2,1-5H3. The Kier molecular flexibility index (Phi) is 9.59. The Labute approximate surface area is 118 Å². The van der Waals surface area contributed by atoms with Crippen molar-refractivity contribution in [3.63, 3.8) is 0 Å². The third kappa shape index (κ3) is 8.00. The Morgan fingerprint density at radius 1 is 1.28 bits per heavy atom. The maximum absolute atomic E-state index is 9.21. The van der Waals surface area contributed by atoms with Crippen LogP contribution in [0.25, 0.3) is 0 Å². The summed E-state index contributed by atoms with van der Waals surface area (Å²) in [7, 11) is 0. The molecule has 0 spiro atoms. The first-order chi connectivity index (χ1) is 8.45. The highest BCUT2D eigenvalue weighted by Crippen LogP contribution is 2.21. The van der Waals surface area contributed by atoms with E-state index >= 15 is 0 Å². The van der Waals surface area contributed by atoms with Crippen LogP contribution < -0.4 is 5.32 Å². The van der Waals surface area contributed by atoms with E-state index in [1.165, 1.54) is 12.2 Å². The topological polar surface area (TPSA) is 35.8 Å². The van der Waals surface area contributed by atoms with Gasteiger partial charge in [-0.15, -0.1) is 0 Å². The van der Waals surface area contributed by atoms with Gasteiger partial charge in [-0.25, -0.2) is 0 Å². The molecule has 0 radical (unpaired) electrons. The average Bonchev–Trinajstić information content (AvgIpc) is 2.35. The van der Waals surface area contributed by atoms with Gasteiger partial charge in [0.05, 0.1) is 6.07 Å². The summed E-state index contributed by atoms with van der Waals surface area (Å²) in [5, 5.41) is 13.3. The smallest absolute Gasteiger partial charge is 0.103 e. The molecule has 106 valence electrons. The van der Waals surface area contributed by atoms with Crippen LogP contribution in [0, 0.1) is 17.2 Å². The summed E-state index contributed by atoms with van der Waals surface area (Å²) in [5.41, 5.74) is -0.329. The molecule has 0 aromatic heterocycles. The fourth-order valence-corrected chi connectivity index (χ4v) is 2.75. The summed E-state index contributed by atoms with van der Waals surface area (Å²) in [6, 6.07) is 2.41. The quantitative estimate of drug-likeness (QED) is 0.604. The van der Waals surface area contributed by atoms with E-state index in [0.29, 0.717) is 0 Å². The van der Waals surface area contributed by atoms with Gasteiger partial charge in [0.1, 0.15) is 5.54 Å². The molecule has 0 aromatic carbocycles. The molecule has 0 saturated heterocycles. The molecule has 0 aromatic rings. The van der Waals surface area contributed by atoms with Crippen molar-refractivity contribution in [1.82, 2.24) is 5.32 Å². The first kappa shape index (κ1) is 17.8. The normalized spacial score (nSPS) is 16.3. The molecular formula is C15H30N2S. The third-order valence-corrected chi connectivity index (χ3v) is 5.00. The lowest BCUT2D eigenvalue weighted by atomic mass is 9.96.